The Bertz CT molecular complexity index is 2490. The van der Waals surface area contributed by atoms with Crippen LogP contribution in [0.4, 0.5) is 0 Å². The molecule has 4 heteroatoms. The molecule has 1 atom stereocenters. The maximum Gasteiger partial charge on any atom is 0.235 e. The van der Waals surface area contributed by atoms with Crippen molar-refractivity contribution in [2.45, 2.75) is 50.9 Å². The molecule has 0 aliphatic heterocycles. The van der Waals surface area contributed by atoms with E-state index in [-0.39, 0.29) is 0 Å². The number of rotatable bonds is 4. The van der Waals surface area contributed by atoms with Gasteiger partial charge in [0.2, 0.25) is 5.95 Å². The lowest BCUT2D eigenvalue weighted by Gasteiger charge is -2.17. The summed E-state index contributed by atoms with van der Waals surface area (Å²) in [5.41, 5.74) is 12.2. The Morgan fingerprint density at radius 3 is 2.54 bits per heavy atom. The Morgan fingerprint density at radius 1 is 0.729 bits per heavy atom. The van der Waals surface area contributed by atoms with E-state index < -0.39 is 0 Å². The Labute approximate surface area is 279 Å². The molecule has 0 spiro atoms. The first-order valence-electron chi connectivity index (χ1n) is 17.4. The van der Waals surface area contributed by atoms with Crippen molar-refractivity contribution in [3.63, 3.8) is 0 Å². The number of hydrogen-bond acceptors (Lipinski definition) is 3. The highest BCUT2D eigenvalue weighted by molar-refractivity contribution is 6.01. The zero-order chi connectivity index (χ0) is 31.6. The fourth-order valence-electron chi connectivity index (χ4n) is 8.27. The molecule has 48 heavy (non-hydrogen) atoms. The molecule has 3 heterocycles. The number of fused-ring (bicyclic) bond motifs is 8. The molecule has 232 valence electrons. The Hall–Kier alpha value is -5.48. The van der Waals surface area contributed by atoms with Gasteiger partial charge in [-0.15, -0.1) is 0 Å². The van der Waals surface area contributed by atoms with Crippen LogP contribution < -0.4 is 10.6 Å². The van der Waals surface area contributed by atoms with Crippen LogP contribution in [0.25, 0.3) is 68.8 Å². The van der Waals surface area contributed by atoms with Gasteiger partial charge in [-0.25, -0.2) is 9.97 Å². The van der Waals surface area contributed by atoms with Gasteiger partial charge in [0.25, 0.3) is 0 Å². The van der Waals surface area contributed by atoms with Crippen LogP contribution in [-0.4, -0.2) is 14.5 Å². The van der Waals surface area contributed by atoms with Crippen LogP contribution in [-0.2, 0) is 19.3 Å². The van der Waals surface area contributed by atoms with E-state index in [1.165, 1.54) is 44.5 Å². The molecule has 0 fully saturated rings. The molecular weight excluding hydrogens is 587 g/mol. The maximum atomic E-state index is 6.77. The Kier molecular flexibility index (Phi) is 6.36. The van der Waals surface area contributed by atoms with Crippen molar-refractivity contribution in [1.29, 1.82) is 0 Å². The number of allylic oxidation sites excluding steroid dienone is 5. The predicted octanol–water partition coefficient (Wildman–Crippen LogP) is 9.03. The van der Waals surface area contributed by atoms with E-state index in [1.54, 1.807) is 0 Å². The largest absolute Gasteiger partial charge is 0.456 e. The molecule has 3 aromatic heterocycles. The molecule has 0 saturated carbocycles. The molecule has 0 N–H and O–H groups in total. The highest BCUT2D eigenvalue weighted by atomic mass is 16.3. The molecule has 4 aliphatic carbocycles. The van der Waals surface area contributed by atoms with E-state index in [4.69, 9.17) is 14.4 Å². The summed E-state index contributed by atoms with van der Waals surface area (Å²) in [5.74, 6) is 3.20. The van der Waals surface area contributed by atoms with Crippen LogP contribution in [0.1, 0.15) is 59.7 Å². The van der Waals surface area contributed by atoms with Gasteiger partial charge in [-0.05, 0) is 79.8 Å². The van der Waals surface area contributed by atoms with Crippen molar-refractivity contribution in [3.05, 3.63) is 142 Å². The second kappa shape index (κ2) is 11.1. The molecule has 4 nitrogen and oxygen atoms in total. The van der Waals surface area contributed by atoms with Crippen LogP contribution in [0.15, 0.2) is 108 Å². The minimum Gasteiger partial charge on any atom is -0.456 e. The minimum atomic E-state index is 0.409. The van der Waals surface area contributed by atoms with Gasteiger partial charge in [-0.2, -0.15) is 0 Å². The average molecular weight is 622 g/mol. The summed E-state index contributed by atoms with van der Waals surface area (Å²) in [6.45, 7) is 0. The molecule has 10 rings (SSSR count). The highest BCUT2D eigenvalue weighted by Crippen LogP contribution is 2.47. The summed E-state index contributed by atoms with van der Waals surface area (Å²) in [4.78, 5) is 10.6. The number of aromatic nitrogens is 3. The van der Waals surface area contributed by atoms with Crippen LogP contribution in [0, 0.1) is 0 Å². The fourth-order valence-corrected chi connectivity index (χ4v) is 8.27. The van der Waals surface area contributed by atoms with Gasteiger partial charge in [0.05, 0.1) is 16.6 Å². The second-order valence-electron chi connectivity index (χ2n) is 13.4. The summed E-state index contributed by atoms with van der Waals surface area (Å²) >= 11 is 0. The SMILES string of the molecule is C1=CCC(c2cccc(-c3ccc4c(c3)c3c(n4-c4nc(-c5ccccc5)c5c(n4)=CCCC=5)CCc4c-3oc3c4CCC=C3)c2)C=C1. The fraction of sp³-hybridized carbons (Fsp3) is 0.182. The summed E-state index contributed by atoms with van der Waals surface area (Å²) in [5, 5.41) is 3.36. The molecule has 6 aromatic rings. The molecule has 0 radical (unpaired) electrons. The van der Waals surface area contributed by atoms with Crippen molar-refractivity contribution < 1.29 is 4.42 Å². The standard InChI is InChI=1S/C44H35N3O/c1-3-12-28(13-4-1)30-16-11-17-31(26-30)32-22-24-38-36(27-32)41-39(25-23-34-33-18-8-10-21-40(33)48-43(34)41)47(38)44-45-37-20-9-7-19-35(37)42(46-44)29-14-5-2-6-15-29/h1-6,10-12,14-17,19-22,24,26-28H,7-9,13,18,23,25H2. The third kappa shape index (κ3) is 4.36. The molecule has 0 amide bonds. The van der Waals surface area contributed by atoms with E-state index >= 15 is 0 Å². The zero-order valence-electron chi connectivity index (χ0n) is 26.8. The van der Waals surface area contributed by atoms with E-state index in [0.29, 0.717) is 5.92 Å². The third-order valence-electron chi connectivity index (χ3n) is 10.6. The van der Waals surface area contributed by atoms with Gasteiger partial charge >= 0.3 is 0 Å². The van der Waals surface area contributed by atoms with Gasteiger partial charge in [-0.3, -0.25) is 4.57 Å². The summed E-state index contributed by atoms with van der Waals surface area (Å²) in [7, 11) is 0. The monoisotopic (exact) mass is 621 g/mol. The first kappa shape index (κ1) is 27.6. The van der Waals surface area contributed by atoms with Crippen LogP contribution in [0.3, 0.4) is 0 Å². The van der Waals surface area contributed by atoms with Gasteiger partial charge in [0.15, 0.2) is 0 Å². The predicted molar refractivity (Wildman–Crippen MR) is 195 cm³/mol. The summed E-state index contributed by atoms with van der Waals surface area (Å²) in [6.07, 6.45) is 24.9. The Balaban J connectivity index is 1.22. The van der Waals surface area contributed by atoms with Crippen LogP contribution in [0.5, 0.6) is 0 Å². The lowest BCUT2D eigenvalue weighted by atomic mass is 9.88. The first-order valence-corrected chi connectivity index (χ1v) is 17.4. The van der Waals surface area contributed by atoms with Gasteiger partial charge < -0.3 is 4.42 Å². The van der Waals surface area contributed by atoms with E-state index in [2.05, 4.69) is 126 Å². The average Bonchev–Trinajstić information content (AvgIpc) is 3.70. The van der Waals surface area contributed by atoms with Crippen molar-refractivity contribution in [1.82, 2.24) is 14.5 Å². The smallest absolute Gasteiger partial charge is 0.235 e. The third-order valence-corrected chi connectivity index (χ3v) is 10.6. The molecule has 0 saturated heterocycles. The molecule has 4 aliphatic rings. The second-order valence-corrected chi connectivity index (χ2v) is 13.4. The van der Waals surface area contributed by atoms with E-state index in [0.717, 1.165) is 89.8 Å². The number of hydrogen-bond donors (Lipinski definition) is 0. The molecule has 3 aromatic carbocycles. The van der Waals surface area contributed by atoms with Gasteiger partial charge in [0.1, 0.15) is 11.5 Å². The molecular formula is C44H35N3O. The van der Waals surface area contributed by atoms with Crippen LogP contribution >= 0.6 is 0 Å². The van der Waals surface area contributed by atoms with E-state index in [9.17, 15) is 0 Å². The summed E-state index contributed by atoms with van der Waals surface area (Å²) in [6, 6.07) is 26.6. The molecule has 0 bridgehead atoms. The number of furan rings is 1. The number of benzene rings is 3. The quantitative estimate of drug-likeness (QED) is 0.197. The van der Waals surface area contributed by atoms with Gasteiger partial charge in [-0.1, -0.05) is 103 Å². The minimum absolute atomic E-state index is 0.409. The van der Waals surface area contributed by atoms with Crippen molar-refractivity contribution in [2.75, 3.05) is 0 Å². The van der Waals surface area contributed by atoms with Gasteiger partial charge in [0, 0.05) is 44.5 Å². The normalized spacial score (nSPS) is 17.3. The summed E-state index contributed by atoms with van der Waals surface area (Å²) < 4.78 is 9.11. The zero-order valence-corrected chi connectivity index (χ0v) is 26.8. The first-order chi connectivity index (χ1) is 23.8. The lowest BCUT2D eigenvalue weighted by Crippen LogP contribution is -2.35. The topological polar surface area (TPSA) is 43.9 Å². The van der Waals surface area contributed by atoms with Crippen molar-refractivity contribution in [2.24, 2.45) is 0 Å². The van der Waals surface area contributed by atoms with Crippen molar-refractivity contribution >= 4 is 29.1 Å². The lowest BCUT2D eigenvalue weighted by molar-refractivity contribution is 0.560. The Morgan fingerprint density at radius 2 is 1.62 bits per heavy atom. The molecule has 1 unspecified atom stereocenters. The van der Waals surface area contributed by atoms with Crippen molar-refractivity contribution in [3.8, 4) is 39.7 Å². The maximum absolute atomic E-state index is 6.77. The highest BCUT2D eigenvalue weighted by Gasteiger charge is 2.32. The number of nitrogens with zero attached hydrogens (tertiary/aromatic N) is 3. The van der Waals surface area contributed by atoms with E-state index in [1.807, 2.05) is 0 Å². The van der Waals surface area contributed by atoms with Crippen LogP contribution in [0.2, 0.25) is 0 Å².